The van der Waals surface area contributed by atoms with Crippen molar-refractivity contribution in [1.29, 1.82) is 0 Å². The van der Waals surface area contributed by atoms with Crippen LogP contribution in [0.3, 0.4) is 0 Å². The number of aromatic amines is 1. The Morgan fingerprint density at radius 1 is 1.19 bits per heavy atom. The lowest BCUT2D eigenvalue weighted by atomic mass is 9.68. The number of aromatic nitrogens is 4. The number of nitrogens with zero attached hydrogens (tertiary/aromatic N) is 3. The molecule has 7 heteroatoms. The first-order valence-electron chi connectivity index (χ1n) is 12.4. The highest BCUT2D eigenvalue weighted by atomic mass is 19.1. The summed E-state index contributed by atoms with van der Waals surface area (Å²) in [6.45, 7) is 2.35. The van der Waals surface area contributed by atoms with Gasteiger partial charge in [-0.1, -0.05) is 42.8 Å². The lowest BCUT2D eigenvalue weighted by molar-refractivity contribution is 0.0919. The number of carbonyl (C=O) groups is 1. The van der Waals surface area contributed by atoms with Crippen molar-refractivity contribution in [3.8, 4) is 5.69 Å². The predicted molar refractivity (Wildman–Crippen MR) is 136 cm³/mol. The molecule has 3 atom stereocenters. The number of benzene rings is 2. The van der Waals surface area contributed by atoms with E-state index in [0.29, 0.717) is 11.6 Å². The number of halogens is 1. The Labute approximate surface area is 209 Å². The van der Waals surface area contributed by atoms with Crippen molar-refractivity contribution in [2.75, 3.05) is 0 Å². The maximum absolute atomic E-state index is 13.5. The highest BCUT2D eigenvalue weighted by molar-refractivity contribution is 5.92. The van der Waals surface area contributed by atoms with Crippen molar-refractivity contribution in [2.24, 2.45) is 11.3 Å². The maximum atomic E-state index is 13.5. The SMILES string of the molecule is CC12Cc3cnn(-c4ccc(F)cc4)c3C=C1CCC2CC(NC(=O)c1cnc[nH]1)c1ccccc1. The fourth-order valence-electron chi connectivity index (χ4n) is 5.96. The molecule has 1 fully saturated rings. The molecule has 6 rings (SSSR count). The van der Waals surface area contributed by atoms with Crippen LogP contribution in [-0.2, 0) is 6.42 Å². The van der Waals surface area contributed by atoms with Crippen LogP contribution in [0.1, 0.15) is 59.5 Å². The molecule has 0 radical (unpaired) electrons. The van der Waals surface area contributed by atoms with Gasteiger partial charge < -0.3 is 10.3 Å². The van der Waals surface area contributed by atoms with Crippen LogP contribution in [-0.4, -0.2) is 25.7 Å². The first kappa shape index (κ1) is 22.5. The van der Waals surface area contributed by atoms with Gasteiger partial charge in [0.2, 0.25) is 0 Å². The molecule has 4 aromatic rings. The van der Waals surface area contributed by atoms with Crippen molar-refractivity contribution >= 4 is 12.0 Å². The molecule has 2 aliphatic carbocycles. The molecule has 182 valence electrons. The third kappa shape index (κ3) is 3.94. The normalized spacial score (nSPS) is 21.4. The van der Waals surface area contributed by atoms with Gasteiger partial charge in [-0.2, -0.15) is 5.10 Å². The van der Waals surface area contributed by atoms with Crippen molar-refractivity contribution in [2.45, 2.75) is 38.6 Å². The van der Waals surface area contributed by atoms with Gasteiger partial charge in [0, 0.05) is 0 Å². The summed E-state index contributed by atoms with van der Waals surface area (Å²) in [4.78, 5) is 19.8. The zero-order chi connectivity index (χ0) is 24.7. The molecule has 0 bridgehead atoms. The molecule has 2 heterocycles. The smallest absolute Gasteiger partial charge is 0.269 e. The monoisotopic (exact) mass is 481 g/mol. The van der Waals surface area contributed by atoms with Crippen molar-refractivity contribution in [1.82, 2.24) is 25.1 Å². The first-order valence-corrected chi connectivity index (χ1v) is 12.4. The van der Waals surface area contributed by atoms with Crippen LogP contribution < -0.4 is 5.32 Å². The summed E-state index contributed by atoms with van der Waals surface area (Å²) < 4.78 is 15.4. The van der Waals surface area contributed by atoms with Gasteiger partial charge in [0.15, 0.2) is 0 Å². The van der Waals surface area contributed by atoms with Gasteiger partial charge in [0.25, 0.3) is 5.91 Å². The van der Waals surface area contributed by atoms with E-state index in [4.69, 9.17) is 0 Å². The second-order valence-corrected chi connectivity index (χ2v) is 10.1. The van der Waals surface area contributed by atoms with Gasteiger partial charge >= 0.3 is 0 Å². The van der Waals surface area contributed by atoms with Crippen LogP contribution in [0.25, 0.3) is 11.8 Å². The maximum Gasteiger partial charge on any atom is 0.269 e. The largest absolute Gasteiger partial charge is 0.344 e. The summed E-state index contributed by atoms with van der Waals surface area (Å²) in [6, 6.07) is 16.6. The van der Waals surface area contributed by atoms with Crippen LogP contribution in [0.4, 0.5) is 4.39 Å². The summed E-state index contributed by atoms with van der Waals surface area (Å²) in [5.74, 6) is 0.00189. The average Bonchev–Trinajstić information content (AvgIpc) is 3.63. The lowest BCUT2D eigenvalue weighted by Gasteiger charge is -2.37. The minimum absolute atomic E-state index is 0.00456. The van der Waals surface area contributed by atoms with Gasteiger partial charge in [-0.25, -0.2) is 14.1 Å². The predicted octanol–water partition coefficient (Wildman–Crippen LogP) is 5.65. The summed E-state index contributed by atoms with van der Waals surface area (Å²) in [5.41, 5.74) is 6.14. The molecule has 3 unspecified atom stereocenters. The Morgan fingerprint density at radius 2 is 2.00 bits per heavy atom. The summed E-state index contributed by atoms with van der Waals surface area (Å²) in [5, 5.41) is 7.89. The number of nitrogens with one attached hydrogen (secondary N) is 2. The molecule has 36 heavy (non-hydrogen) atoms. The Balaban J connectivity index is 1.28. The van der Waals surface area contributed by atoms with Crippen molar-refractivity contribution < 1.29 is 9.18 Å². The fraction of sp³-hybridized carbons (Fsp3) is 0.276. The molecule has 2 aromatic heterocycles. The molecule has 0 spiro atoms. The molecule has 1 amide bonds. The van der Waals surface area contributed by atoms with E-state index < -0.39 is 0 Å². The molecular formula is C29H28FN5O. The van der Waals surface area contributed by atoms with Crippen molar-refractivity contribution in [3.05, 3.63) is 107 Å². The van der Waals surface area contributed by atoms with Crippen LogP contribution >= 0.6 is 0 Å². The second-order valence-electron chi connectivity index (χ2n) is 10.1. The molecule has 1 saturated carbocycles. The minimum atomic E-state index is -0.253. The number of fused-ring (bicyclic) bond motifs is 2. The molecule has 0 saturated heterocycles. The van der Waals surface area contributed by atoms with Gasteiger partial charge in [0.05, 0.1) is 36.1 Å². The first-order chi connectivity index (χ1) is 17.5. The number of hydrogen-bond acceptors (Lipinski definition) is 3. The van der Waals surface area contributed by atoms with Crippen LogP contribution in [0.2, 0.25) is 0 Å². The van der Waals surface area contributed by atoms with Gasteiger partial charge in [-0.15, -0.1) is 0 Å². The van der Waals surface area contributed by atoms with E-state index in [9.17, 15) is 9.18 Å². The number of rotatable bonds is 6. The molecule has 2 aliphatic rings. The van der Waals surface area contributed by atoms with E-state index in [1.165, 1.54) is 29.6 Å². The summed E-state index contributed by atoms with van der Waals surface area (Å²) in [7, 11) is 0. The van der Waals surface area contributed by atoms with Crippen LogP contribution in [0.5, 0.6) is 0 Å². The summed E-state index contributed by atoms with van der Waals surface area (Å²) >= 11 is 0. The number of hydrogen-bond donors (Lipinski definition) is 2. The van der Waals surface area contributed by atoms with Crippen molar-refractivity contribution in [3.63, 3.8) is 0 Å². The Morgan fingerprint density at radius 3 is 2.75 bits per heavy atom. The Kier molecular flexibility index (Phi) is 5.55. The topological polar surface area (TPSA) is 75.6 Å². The molecule has 0 aliphatic heterocycles. The summed E-state index contributed by atoms with van der Waals surface area (Å²) in [6.07, 6.45) is 11.1. The second kappa shape index (κ2) is 8.90. The van der Waals surface area contributed by atoms with E-state index >= 15 is 0 Å². The number of imidazole rings is 1. The van der Waals surface area contributed by atoms with Gasteiger partial charge in [0.1, 0.15) is 11.5 Å². The van der Waals surface area contributed by atoms with Gasteiger partial charge in [-0.3, -0.25) is 4.79 Å². The number of amides is 1. The van der Waals surface area contributed by atoms with E-state index in [-0.39, 0.29) is 23.2 Å². The number of carbonyl (C=O) groups excluding carboxylic acids is 1. The highest BCUT2D eigenvalue weighted by Gasteiger charge is 2.46. The fourth-order valence-corrected chi connectivity index (χ4v) is 5.96. The Bertz CT molecular complexity index is 1410. The third-order valence-corrected chi connectivity index (χ3v) is 7.99. The minimum Gasteiger partial charge on any atom is -0.344 e. The van der Waals surface area contributed by atoms with E-state index in [1.807, 2.05) is 29.1 Å². The van der Waals surface area contributed by atoms with E-state index in [0.717, 1.165) is 42.6 Å². The van der Waals surface area contributed by atoms with E-state index in [1.54, 1.807) is 18.3 Å². The quantitative estimate of drug-likeness (QED) is 0.374. The van der Waals surface area contributed by atoms with E-state index in [2.05, 4.69) is 45.5 Å². The zero-order valence-electron chi connectivity index (χ0n) is 20.1. The molecule has 2 aromatic carbocycles. The molecule has 2 N–H and O–H groups in total. The third-order valence-electron chi connectivity index (χ3n) is 7.99. The molecular weight excluding hydrogens is 453 g/mol. The molecule has 6 nitrogen and oxygen atoms in total. The van der Waals surface area contributed by atoms with Crippen LogP contribution in [0, 0.1) is 17.2 Å². The average molecular weight is 482 g/mol. The van der Waals surface area contributed by atoms with Gasteiger partial charge in [-0.05, 0) is 78.5 Å². The lowest BCUT2D eigenvalue weighted by Crippen LogP contribution is -2.35. The number of allylic oxidation sites excluding steroid dienone is 1. The van der Waals surface area contributed by atoms with Crippen LogP contribution in [0.15, 0.2) is 78.9 Å². The standard InChI is InChI=1S/C29H28FN5O/c1-29-15-20-16-33-35(24-11-9-23(30)10-12-24)27(20)14-22(29)8-7-21(29)13-25(19-5-3-2-4-6-19)34-28(36)26-17-31-18-32-26/h2-6,9-12,14,16-18,21,25H,7-8,13,15H2,1H3,(H,31,32)(H,34,36). The zero-order valence-corrected chi connectivity index (χ0v) is 20.1. The highest BCUT2D eigenvalue weighted by Crippen LogP contribution is 2.55. The number of H-pyrrole nitrogens is 1. The Hall–Kier alpha value is -4.00.